The standard InChI is InChI=1S/C20H29N5O/c1-16-15-19(25-12-9-18(10-13-25)26-14-6-11-21)23-20(22-16)24(2)17-7-4-3-5-8-17/h3-5,7-8,15,18H,6,9-14,21H2,1-2H3. The molecule has 1 aromatic heterocycles. The van der Waals surface area contributed by atoms with Crippen LogP contribution < -0.4 is 15.5 Å². The van der Waals surface area contributed by atoms with E-state index < -0.39 is 0 Å². The second-order valence-corrected chi connectivity index (χ2v) is 6.76. The van der Waals surface area contributed by atoms with Crippen molar-refractivity contribution >= 4 is 17.5 Å². The SMILES string of the molecule is Cc1cc(N2CCC(OCCCN)CC2)nc(N(C)c2ccccc2)n1. The molecule has 2 heterocycles. The molecule has 0 amide bonds. The van der Waals surface area contributed by atoms with Crippen LogP contribution in [-0.2, 0) is 4.74 Å². The molecule has 140 valence electrons. The van der Waals surface area contributed by atoms with E-state index in [0.29, 0.717) is 12.6 Å². The first-order chi connectivity index (χ1) is 12.7. The highest BCUT2D eigenvalue weighted by Crippen LogP contribution is 2.25. The molecule has 1 aliphatic rings. The Morgan fingerprint density at radius 2 is 1.92 bits per heavy atom. The van der Waals surface area contributed by atoms with Crippen molar-refractivity contribution in [2.45, 2.75) is 32.3 Å². The second kappa shape index (κ2) is 8.96. The summed E-state index contributed by atoms with van der Waals surface area (Å²) in [5.74, 6) is 1.73. The van der Waals surface area contributed by atoms with Crippen LogP contribution in [-0.4, -0.2) is 49.4 Å². The van der Waals surface area contributed by atoms with Crippen LogP contribution in [0.5, 0.6) is 0 Å². The maximum Gasteiger partial charge on any atom is 0.231 e. The maximum absolute atomic E-state index is 5.90. The van der Waals surface area contributed by atoms with Gasteiger partial charge in [0, 0.05) is 44.2 Å². The fourth-order valence-electron chi connectivity index (χ4n) is 3.20. The molecule has 1 saturated heterocycles. The molecule has 0 saturated carbocycles. The molecule has 0 bridgehead atoms. The number of para-hydroxylation sites is 1. The van der Waals surface area contributed by atoms with Gasteiger partial charge in [0.25, 0.3) is 0 Å². The predicted molar refractivity (Wildman–Crippen MR) is 106 cm³/mol. The summed E-state index contributed by atoms with van der Waals surface area (Å²) in [7, 11) is 2.01. The van der Waals surface area contributed by atoms with Crippen molar-refractivity contribution in [3.63, 3.8) is 0 Å². The second-order valence-electron chi connectivity index (χ2n) is 6.76. The topological polar surface area (TPSA) is 67.5 Å². The number of hydrogen-bond donors (Lipinski definition) is 1. The fourth-order valence-corrected chi connectivity index (χ4v) is 3.20. The summed E-state index contributed by atoms with van der Waals surface area (Å²) in [6, 6.07) is 12.3. The molecular weight excluding hydrogens is 326 g/mol. The molecule has 2 aromatic rings. The zero-order valence-electron chi connectivity index (χ0n) is 15.8. The van der Waals surface area contributed by atoms with Gasteiger partial charge >= 0.3 is 0 Å². The van der Waals surface area contributed by atoms with E-state index in [1.54, 1.807) is 0 Å². The van der Waals surface area contributed by atoms with Crippen LogP contribution >= 0.6 is 0 Å². The summed E-state index contributed by atoms with van der Waals surface area (Å²) in [6.45, 7) is 5.39. The Morgan fingerprint density at radius 1 is 1.19 bits per heavy atom. The van der Waals surface area contributed by atoms with Crippen molar-refractivity contribution in [1.82, 2.24) is 9.97 Å². The number of ether oxygens (including phenoxy) is 1. The minimum Gasteiger partial charge on any atom is -0.378 e. The van der Waals surface area contributed by atoms with Crippen molar-refractivity contribution in [3.8, 4) is 0 Å². The van der Waals surface area contributed by atoms with Crippen LogP contribution in [0, 0.1) is 6.92 Å². The van der Waals surface area contributed by atoms with Crippen LogP contribution in [0.2, 0.25) is 0 Å². The highest BCUT2D eigenvalue weighted by atomic mass is 16.5. The van der Waals surface area contributed by atoms with Crippen molar-refractivity contribution in [1.29, 1.82) is 0 Å². The van der Waals surface area contributed by atoms with E-state index in [4.69, 9.17) is 15.5 Å². The third-order valence-electron chi connectivity index (χ3n) is 4.74. The van der Waals surface area contributed by atoms with Crippen LogP contribution in [0.1, 0.15) is 25.0 Å². The van der Waals surface area contributed by atoms with E-state index in [1.165, 1.54) is 0 Å². The lowest BCUT2D eigenvalue weighted by Gasteiger charge is -2.33. The largest absolute Gasteiger partial charge is 0.378 e. The van der Waals surface area contributed by atoms with Gasteiger partial charge in [0.05, 0.1) is 6.10 Å². The minimum atomic E-state index is 0.340. The summed E-state index contributed by atoms with van der Waals surface area (Å²) in [5.41, 5.74) is 7.59. The van der Waals surface area contributed by atoms with E-state index in [-0.39, 0.29) is 0 Å². The zero-order valence-corrected chi connectivity index (χ0v) is 15.8. The van der Waals surface area contributed by atoms with Gasteiger partial charge in [0.1, 0.15) is 5.82 Å². The molecule has 26 heavy (non-hydrogen) atoms. The van der Waals surface area contributed by atoms with Crippen LogP contribution in [0.4, 0.5) is 17.5 Å². The summed E-state index contributed by atoms with van der Waals surface area (Å²) >= 11 is 0. The lowest BCUT2D eigenvalue weighted by atomic mass is 10.1. The summed E-state index contributed by atoms with van der Waals surface area (Å²) in [4.78, 5) is 13.8. The van der Waals surface area contributed by atoms with Gasteiger partial charge in [0.15, 0.2) is 0 Å². The average Bonchev–Trinajstić information content (AvgIpc) is 2.68. The van der Waals surface area contributed by atoms with Gasteiger partial charge in [0.2, 0.25) is 5.95 Å². The van der Waals surface area contributed by atoms with Gasteiger partial charge in [-0.25, -0.2) is 4.98 Å². The molecule has 0 atom stereocenters. The van der Waals surface area contributed by atoms with Crippen LogP contribution in [0.3, 0.4) is 0 Å². The number of nitrogens with two attached hydrogens (primary N) is 1. The number of benzene rings is 1. The molecule has 1 aromatic carbocycles. The Labute approximate surface area is 156 Å². The first kappa shape index (κ1) is 18.6. The number of aryl methyl sites for hydroxylation is 1. The smallest absolute Gasteiger partial charge is 0.231 e. The van der Waals surface area contributed by atoms with E-state index in [9.17, 15) is 0 Å². The molecule has 6 heteroatoms. The van der Waals surface area contributed by atoms with E-state index >= 15 is 0 Å². The molecule has 1 aliphatic heterocycles. The van der Waals surface area contributed by atoms with E-state index in [0.717, 1.165) is 62.1 Å². The van der Waals surface area contributed by atoms with Crippen LogP contribution in [0.25, 0.3) is 0 Å². The third-order valence-corrected chi connectivity index (χ3v) is 4.74. The fraction of sp³-hybridized carbons (Fsp3) is 0.500. The Bertz CT molecular complexity index is 686. The molecule has 1 fully saturated rings. The van der Waals surface area contributed by atoms with Gasteiger partial charge in [-0.15, -0.1) is 0 Å². The van der Waals surface area contributed by atoms with Gasteiger partial charge in [-0.05, 0) is 44.9 Å². The first-order valence-corrected chi connectivity index (χ1v) is 9.38. The quantitative estimate of drug-likeness (QED) is 0.770. The van der Waals surface area contributed by atoms with E-state index in [1.807, 2.05) is 37.1 Å². The number of nitrogens with zero attached hydrogens (tertiary/aromatic N) is 4. The monoisotopic (exact) mass is 355 g/mol. The predicted octanol–water partition coefficient (Wildman–Crippen LogP) is 2.89. The molecule has 3 rings (SSSR count). The van der Waals surface area contributed by atoms with Crippen molar-refractivity contribution in [3.05, 3.63) is 42.1 Å². The first-order valence-electron chi connectivity index (χ1n) is 9.38. The van der Waals surface area contributed by atoms with Crippen molar-refractivity contribution < 1.29 is 4.74 Å². The number of aromatic nitrogens is 2. The van der Waals surface area contributed by atoms with Gasteiger partial charge < -0.3 is 20.3 Å². The normalized spacial score (nSPS) is 15.3. The molecular formula is C20H29N5O. The molecule has 0 spiro atoms. The van der Waals surface area contributed by atoms with Crippen molar-refractivity contribution in [2.75, 3.05) is 43.1 Å². The summed E-state index contributed by atoms with van der Waals surface area (Å²) < 4.78 is 5.90. The molecule has 2 N–H and O–H groups in total. The Hall–Kier alpha value is -2.18. The highest BCUT2D eigenvalue weighted by Gasteiger charge is 2.21. The van der Waals surface area contributed by atoms with Crippen molar-refractivity contribution in [2.24, 2.45) is 5.73 Å². The van der Waals surface area contributed by atoms with E-state index in [2.05, 4.69) is 28.1 Å². The maximum atomic E-state index is 5.90. The highest BCUT2D eigenvalue weighted by molar-refractivity contribution is 5.58. The number of anilines is 3. The lowest BCUT2D eigenvalue weighted by molar-refractivity contribution is 0.0365. The summed E-state index contributed by atoms with van der Waals surface area (Å²) in [6.07, 6.45) is 3.32. The third kappa shape index (κ3) is 4.71. The Balaban J connectivity index is 1.67. The average molecular weight is 355 g/mol. The van der Waals surface area contributed by atoms with Gasteiger partial charge in [-0.2, -0.15) is 4.98 Å². The Morgan fingerprint density at radius 3 is 2.62 bits per heavy atom. The molecule has 0 aliphatic carbocycles. The Kier molecular flexibility index (Phi) is 6.41. The lowest BCUT2D eigenvalue weighted by Crippen LogP contribution is -2.38. The molecule has 0 unspecified atom stereocenters. The number of hydrogen-bond acceptors (Lipinski definition) is 6. The van der Waals surface area contributed by atoms with Crippen LogP contribution in [0.15, 0.2) is 36.4 Å². The molecule has 0 radical (unpaired) electrons. The molecule has 6 nitrogen and oxygen atoms in total. The summed E-state index contributed by atoms with van der Waals surface area (Å²) in [5, 5.41) is 0. The minimum absolute atomic E-state index is 0.340. The van der Waals surface area contributed by atoms with Gasteiger partial charge in [-0.1, -0.05) is 18.2 Å². The zero-order chi connectivity index (χ0) is 18.4. The number of rotatable bonds is 7. The van der Waals surface area contributed by atoms with Gasteiger partial charge in [-0.3, -0.25) is 0 Å². The number of piperidine rings is 1.